The van der Waals surface area contributed by atoms with Crippen LogP contribution in [-0.4, -0.2) is 44.6 Å². The molecule has 0 saturated carbocycles. The molecule has 2 N–H and O–H groups in total. The average molecular weight is 317 g/mol. The summed E-state index contributed by atoms with van der Waals surface area (Å²) in [6, 6.07) is 0.0553. The van der Waals surface area contributed by atoms with Crippen molar-refractivity contribution in [3.05, 3.63) is 23.8 Å². The van der Waals surface area contributed by atoms with Crippen LogP contribution in [0.4, 0.5) is 0 Å². The minimum atomic E-state index is -0.629. The van der Waals surface area contributed by atoms with Crippen LogP contribution in [0.2, 0.25) is 0 Å². The summed E-state index contributed by atoms with van der Waals surface area (Å²) in [7, 11) is 0. The number of rotatable bonds is 3. The van der Waals surface area contributed by atoms with Crippen molar-refractivity contribution in [2.45, 2.75) is 51.0 Å². The fourth-order valence-corrected chi connectivity index (χ4v) is 3.33. The maximum atomic E-state index is 12.7. The molecule has 124 valence electrons. The first-order valence-corrected chi connectivity index (χ1v) is 8.34. The fourth-order valence-electron chi connectivity index (χ4n) is 3.33. The van der Waals surface area contributed by atoms with Crippen molar-refractivity contribution < 1.29 is 9.59 Å². The monoisotopic (exact) mass is 317 g/mol. The van der Waals surface area contributed by atoms with Gasteiger partial charge in [-0.05, 0) is 38.5 Å². The lowest BCUT2D eigenvalue weighted by Gasteiger charge is -2.33. The Morgan fingerprint density at radius 3 is 2.87 bits per heavy atom. The molecule has 1 fully saturated rings. The minimum Gasteiger partial charge on any atom is -0.363 e. The van der Waals surface area contributed by atoms with Crippen LogP contribution in [0.1, 0.15) is 61.6 Å². The third kappa shape index (κ3) is 3.60. The number of piperidine rings is 1. The van der Waals surface area contributed by atoms with E-state index in [1.54, 1.807) is 4.68 Å². The molecule has 0 bridgehead atoms. The average Bonchev–Trinajstić information content (AvgIpc) is 2.91. The molecule has 7 heteroatoms. The molecule has 0 aromatic carbocycles. The number of carbonyl (C=O) groups is 2. The molecule has 1 saturated heterocycles. The lowest BCUT2D eigenvalue weighted by molar-refractivity contribution is -0.129. The third-order valence-electron chi connectivity index (χ3n) is 4.60. The lowest BCUT2D eigenvalue weighted by Crippen LogP contribution is -2.41. The Morgan fingerprint density at radius 1 is 1.22 bits per heavy atom. The van der Waals surface area contributed by atoms with Crippen molar-refractivity contribution in [2.75, 3.05) is 13.1 Å². The summed E-state index contributed by atoms with van der Waals surface area (Å²) in [6.45, 7) is 1.39. The van der Waals surface area contributed by atoms with Gasteiger partial charge in [-0.3, -0.25) is 9.59 Å². The van der Waals surface area contributed by atoms with Crippen molar-refractivity contribution in [3.63, 3.8) is 0 Å². The highest BCUT2D eigenvalue weighted by Gasteiger charge is 2.27. The Kier molecular flexibility index (Phi) is 4.73. The van der Waals surface area contributed by atoms with E-state index in [4.69, 9.17) is 5.73 Å². The van der Waals surface area contributed by atoms with Gasteiger partial charge in [0.25, 0.3) is 5.91 Å². The molecular weight excluding hydrogens is 294 g/mol. The van der Waals surface area contributed by atoms with Crippen molar-refractivity contribution in [1.29, 1.82) is 0 Å². The van der Waals surface area contributed by atoms with Gasteiger partial charge in [-0.25, -0.2) is 9.67 Å². The van der Waals surface area contributed by atoms with E-state index in [1.165, 1.54) is 19.2 Å². The number of amides is 2. The van der Waals surface area contributed by atoms with Crippen LogP contribution in [0, 0.1) is 0 Å². The molecule has 1 aromatic heterocycles. The number of primary amides is 1. The summed E-state index contributed by atoms with van der Waals surface area (Å²) in [5.74, 6) is -0.442. The molecule has 2 aliphatic rings. The molecule has 23 heavy (non-hydrogen) atoms. The number of hydrogen-bond acceptors (Lipinski definition) is 4. The summed E-state index contributed by atoms with van der Waals surface area (Å²) < 4.78 is 1.67. The standard InChI is InChI=1S/C16H23N5O2/c17-14(22)15-18-11-21(19-15)13-8-5-9-20(10-13)16(23)12-6-3-1-2-4-7-12/h6,11,13H,1-5,7-10H2,(H2,17,22). The van der Waals surface area contributed by atoms with Crippen molar-refractivity contribution in [1.82, 2.24) is 19.7 Å². The molecule has 7 nitrogen and oxygen atoms in total. The molecule has 1 aliphatic heterocycles. The van der Waals surface area contributed by atoms with Crippen LogP contribution in [0.3, 0.4) is 0 Å². The van der Waals surface area contributed by atoms with E-state index in [0.717, 1.165) is 44.2 Å². The van der Waals surface area contributed by atoms with Crippen LogP contribution < -0.4 is 5.73 Å². The van der Waals surface area contributed by atoms with Crippen LogP contribution >= 0.6 is 0 Å². The number of hydrogen-bond donors (Lipinski definition) is 1. The van der Waals surface area contributed by atoms with Crippen molar-refractivity contribution in [3.8, 4) is 0 Å². The smallest absolute Gasteiger partial charge is 0.288 e. The van der Waals surface area contributed by atoms with E-state index >= 15 is 0 Å². The molecular formula is C16H23N5O2. The Bertz CT molecular complexity index is 622. The normalized spacial score (nSPS) is 22.3. The molecule has 2 amide bonds. The Balaban J connectivity index is 1.68. The SMILES string of the molecule is NC(=O)c1ncn(C2CCCN(C(=O)C3=CCCCCC3)C2)n1. The highest BCUT2D eigenvalue weighted by molar-refractivity contribution is 5.93. The van der Waals surface area contributed by atoms with E-state index in [2.05, 4.69) is 16.2 Å². The third-order valence-corrected chi connectivity index (χ3v) is 4.60. The van der Waals surface area contributed by atoms with E-state index in [9.17, 15) is 9.59 Å². The predicted molar refractivity (Wildman–Crippen MR) is 84.6 cm³/mol. The summed E-state index contributed by atoms with van der Waals surface area (Å²) in [6.07, 6.45) is 10.8. The Labute approximate surface area is 135 Å². The number of allylic oxidation sites excluding steroid dienone is 1. The van der Waals surface area contributed by atoms with Gasteiger partial charge >= 0.3 is 0 Å². The molecule has 3 rings (SSSR count). The first-order chi connectivity index (χ1) is 11.1. The molecule has 0 radical (unpaired) electrons. The van der Waals surface area contributed by atoms with Gasteiger partial charge in [0.1, 0.15) is 6.33 Å². The summed E-state index contributed by atoms with van der Waals surface area (Å²) in [4.78, 5) is 29.7. The Morgan fingerprint density at radius 2 is 2.09 bits per heavy atom. The second-order valence-electron chi connectivity index (χ2n) is 6.29. The zero-order valence-corrected chi connectivity index (χ0v) is 13.3. The molecule has 1 aromatic rings. The van der Waals surface area contributed by atoms with E-state index in [1.807, 2.05) is 4.90 Å². The molecule has 1 aliphatic carbocycles. The van der Waals surface area contributed by atoms with E-state index in [-0.39, 0.29) is 17.8 Å². The number of likely N-dealkylation sites (tertiary alicyclic amines) is 1. The van der Waals surface area contributed by atoms with Gasteiger partial charge < -0.3 is 10.6 Å². The van der Waals surface area contributed by atoms with Gasteiger partial charge in [0.15, 0.2) is 0 Å². The molecule has 0 spiro atoms. The molecule has 2 heterocycles. The first kappa shape index (κ1) is 15.7. The van der Waals surface area contributed by atoms with Crippen LogP contribution in [0.25, 0.3) is 0 Å². The zero-order chi connectivity index (χ0) is 16.2. The lowest BCUT2D eigenvalue weighted by atomic mass is 10.0. The maximum absolute atomic E-state index is 12.7. The number of nitrogens with zero attached hydrogens (tertiary/aromatic N) is 4. The molecule has 1 atom stereocenters. The zero-order valence-electron chi connectivity index (χ0n) is 13.3. The number of nitrogens with two attached hydrogens (primary N) is 1. The van der Waals surface area contributed by atoms with Gasteiger partial charge in [-0.1, -0.05) is 12.5 Å². The largest absolute Gasteiger partial charge is 0.363 e. The highest BCUT2D eigenvalue weighted by atomic mass is 16.2. The first-order valence-electron chi connectivity index (χ1n) is 8.34. The topological polar surface area (TPSA) is 94.1 Å². The Hall–Kier alpha value is -2.18. The van der Waals surface area contributed by atoms with Gasteiger partial charge in [0.05, 0.1) is 6.04 Å². The van der Waals surface area contributed by atoms with Crippen molar-refractivity contribution >= 4 is 11.8 Å². The van der Waals surface area contributed by atoms with Crippen LogP contribution in [0.15, 0.2) is 18.0 Å². The van der Waals surface area contributed by atoms with Crippen LogP contribution in [0.5, 0.6) is 0 Å². The van der Waals surface area contributed by atoms with Gasteiger partial charge in [-0.2, -0.15) is 0 Å². The van der Waals surface area contributed by atoms with Gasteiger partial charge in [-0.15, -0.1) is 5.10 Å². The summed E-state index contributed by atoms with van der Waals surface area (Å²) in [5.41, 5.74) is 6.15. The fraction of sp³-hybridized carbons (Fsp3) is 0.625. The number of carbonyl (C=O) groups excluding carboxylic acids is 2. The minimum absolute atomic E-state index is 0.0277. The predicted octanol–water partition coefficient (Wildman–Crippen LogP) is 1.43. The van der Waals surface area contributed by atoms with Crippen LogP contribution in [-0.2, 0) is 4.79 Å². The quantitative estimate of drug-likeness (QED) is 0.912. The summed E-state index contributed by atoms with van der Waals surface area (Å²) in [5, 5.41) is 4.13. The van der Waals surface area contributed by atoms with Gasteiger partial charge in [0.2, 0.25) is 11.7 Å². The number of aromatic nitrogens is 3. The van der Waals surface area contributed by atoms with Crippen molar-refractivity contribution in [2.24, 2.45) is 5.73 Å². The molecule has 1 unspecified atom stereocenters. The van der Waals surface area contributed by atoms with E-state index in [0.29, 0.717) is 6.54 Å². The maximum Gasteiger partial charge on any atom is 0.288 e. The highest BCUT2D eigenvalue weighted by Crippen LogP contribution is 2.25. The second-order valence-corrected chi connectivity index (χ2v) is 6.29. The van der Waals surface area contributed by atoms with E-state index < -0.39 is 5.91 Å². The second kappa shape index (κ2) is 6.93. The van der Waals surface area contributed by atoms with Gasteiger partial charge in [0, 0.05) is 18.7 Å². The summed E-state index contributed by atoms with van der Waals surface area (Å²) >= 11 is 0.